The fourth-order valence-corrected chi connectivity index (χ4v) is 3.45. The first-order valence-electron chi connectivity index (χ1n) is 6.71. The molecule has 1 aromatic rings. The van der Waals surface area contributed by atoms with Crippen LogP contribution >= 0.6 is 11.8 Å². The van der Waals surface area contributed by atoms with Crippen LogP contribution in [0.5, 0.6) is 0 Å². The molecule has 1 atom stereocenters. The minimum atomic E-state index is -0.143. The largest absolute Gasteiger partial charge is 0.395 e. The Morgan fingerprint density at radius 2 is 2.00 bits per heavy atom. The molecule has 2 rings (SSSR count). The van der Waals surface area contributed by atoms with E-state index in [-0.39, 0.29) is 12.0 Å². The Morgan fingerprint density at radius 1 is 1.22 bits per heavy atom. The molecule has 1 saturated heterocycles. The third-order valence-corrected chi connectivity index (χ3v) is 4.76. The third-order valence-electron chi connectivity index (χ3n) is 3.71. The van der Waals surface area contributed by atoms with Gasteiger partial charge in [-0.25, -0.2) is 0 Å². The standard InChI is InChI=1S/C15H23NOS/c1-15(13-17,14-6-3-2-4-7-14)12-16-8-5-10-18-11-9-16/h2-4,6-7,17H,5,8-13H2,1H3. The Hall–Kier alpha value is -0.510. The van der Waals surface area contributed by atoms with Gasteiger partial charge in [0.15, 0.2) is 0 Å². The van der Waals surface area contributed by atoms with Gasteiger partial charge in [-0.1, -0.05) is 37.3 Å². The zero-order chi connectivity index (χ0) is 12.8. The van der Waals surface area contributed by atoms with E-state index in [0.717, 1.165) is 19.6 Å². The lowest BCUT2D eigenvalue weighted by Crippen LogP contribution is -2.42. The lowest BCUT2D eigenvalue weighted by molar-refractivity contribution is 0.149. The van der Waals surface area contributed by atoms with Crippen LogP contribution < -0.4 is 0 Å². The molecule has 0 radical (unpaired) electrons. The van der Waals surface area contributed by atoms with Crippen molar-refractivity contribution in [3.8, 4) is 0 Å². The minimum Gasteiger partial charge on any atom is -0.395 e. The molecule has 1 aromatic carbocycles. The fraction of sp³-hybridized carbons (Fsp3) is 0.600. The van der Waals surface area contributed by atoms with E-state index in [0.29, 0.717) is 0 Å². The zero-order valence-electron chi connectivity index (χ0n) is 11.1. The maximum Gasteiger partial charge on any atom is 0.0537 e. The van der Waals surface area contributed by atoms with Gasteiger partial charge in [0.2, 0.25) is 0 Å². The number of hydrogen-bond acceptors (Lipinski definition) is 3. The van der Waals surface area contributed by atoms with E-state index in [1.54, 1.807) is 0 Å². The van der Waals surface area contributed by atoms with Gasteiger partial charge in [0.05, 0.1) is 6.61 Å². The molecule has 1 unspecified atom stereocenters. The molecule has 0 bridgehead atoms. The molecule has 100 valence electrons. The van der Waals surface area contributed by atoms with E-state index in [1.807, 2.05) is 17.8 Å². The molecule has 2 nitrogen and oxygen atoms in total. The van der Waals surface area contributed by atoms with Crippen LogP contribution in [0.3, 0.4) is 0 Å². The number of hydrogen-bond donors (Lipinski definition) is 1. The van der Waals surface area contributed by atoms with E-state index >= 15 is 0 Å². The van der Waals surface area contributed by atoms with Crippen LogP contribution in [-0.4, -0.2) is 47.8 Å². The molecule has 0 aliphatic carbocycles. The highest BCUT2D eigenvalue weighted by Crippen LogP contribution is 2.25. The third kappa shape index (κ3) is 3.50. The first-order valence-corrected chi connectivity index (χ1v) is 7.86. The molecule has 1 fully saturated rings. The van der Waals surface area contributed by atoms with Crippen LogP contribution in [0.15, 0.2) is 30.3 Å². The van der Waals surface area contributed by atoms with E-state index in [1.165, 1.54) is 23.5 Å². The number of aliphatic hydroxyl groups is 1. The highest BCUT2D eigenvalue weighted by Gasteiger charge is 2.28. The summed E-state index contributed by atoms with van der Waals surface area (Å²) in [7, 11) is 0. The number of benzene rings is 1. The molecular formula is C15H23NOS. The van der Waals surface area contributed by atoms with Crippen LogP contribution in [0.25, 0.3) is 0 Å². The fourth-order valence-electron chi connectivity index (χ4n) is 2.52. The summed E-state index contributed by atoms with van der Waals surface area (Å²) >= 11 is 2.04. The molecule has 1 heterocycles. The van der Waals surface area contributed by atoms with Crippen LogP contribution in [0.1, 0.15) is 18.9 Å². The Bertz CT molecular complexity index is 349. The van der Waals surface area contributed by atoms with E-state index in [9.17, 15) is 5.11 Å². The van der Waals surface area contributed by atoms with Crippen molar-refractivity contribution in [2.75, 3.05) is 37.7 Å². The topological polar surface area (TPSA) is 23.5 Å². The van der Waals surface area contributed by atoms with Crippen molar-refractivity contribution in [1.29, 1.82) is 0 Å². The SMILES string of the molecule is CC(CO)(CN1CCCSCC1)c1ccccc1. The maximum absolute atomic E-state index is 9.81. The van der Waals surface area contributed by atoms with Crippen molar-refractivity contribution in [3.05, 3.63) is 35.9 Å². The highest BCUT2D eigenvalue weighted by molar-refractivity contribution is 7.99. The summed E-state index contributed by atoms with van der Waals surface area (Å²) in [6.45, 7) is 5.64. The van der Waals surface area contributed by atoms with Gasteiger partial charge in [-0.05, 0) is 24.3 Å². The number of nitrogens with zero attached hydrogens (tertiary/aromatic N) is 1. The lowest BCUT2D eigenvalue weighted by atomic mass is 9.82. The maximum atomic E-state index is 9.81. The molecule has 0 spiro atoms. The monoisotopic (exact) mass is 265 g/mol. The van der Waals surface area contributed by atoms with Crippen LogP contribution in [0.4, 0.5) is 0 Å². The first kappa shape index (κ1) is 13.9. The molecular weight excluding hydrogens is 242 g/mol. The second-order valence-corrected chi connectivity index (χ2v) is 6.55. The van der Waals surface area contributed by atoms with Gasteiger partial charge in [-0.2, -0.15) is 11.8 Å². The summed E-state index contributed by atoms with van der Waals surface area (Å²) in [6.07, 6.45) is 1.26. The normalized spacial score (nSPS) is 21.2. The van der Waals surface area contributed by atoms with Crippen molar-refractivity contribution in [2.45, 2.75) is 18.8 Å². The summed E-state index contributed by atoms with van der Waals surface area (Å²) < 4.78 is 0. The van der Waals surface area contributed by atoms with Crippen molar-refractivity contribution < 1.29 is 5.11 Å². The summed E-state index contributed by atoms with van der Waals surface area (Å²) in [5, 5.41) is 9.81. The van der Waals surface area contributed by atoms with Gasteiger partial charge in [0, 0.05) is 24.3 Å². The molecule has 3 heteroatoms. The minimum absolute atomic E-state index is 0.143. The van der Waals surface area contributed by atoms with Gasteiger partial charge in [0.25, 0.3) is 0 Å². The van der Waals surface area contributed by atoms with E-state index in [2.05, 4.69) is 36.1 Å². The Labute approximate surface area is 114 Å². The smallest absolute Gasteiger partial charge is 0.0537 e. The summed E-state index contributed by atoms with van der Waals surface area (Å²) in [5.74, 6) is 2.49. The Balaban J connectivity index is 2.07. The van der Waals surface area contributed by atoms with Gasteiger partial charge < -0.3 is 10.0 Å². The van der Waals surface area contributed by atoms with Crippen LogP contribution in [-0.2, 0) is 5.41 Å². The molecule has 0 aromatic heterocycles. The van der Waals surface area contributed by atoms with Gasteiger partial charge in [-0.15, -0.1) is 0 Å². The summed E-state index contributed by atoms with van der Waals surface area (Å²) in [6, 6.07) is 10.4. The molecule has 0 saturated carbocycles. The van der Waals surface area contributed by atoms with Crippen molar-refractivity contribution in [3.63, 3.8) is 0 Å². The Morgan fingerprint density at radius 3 is 2.72 bits per heavy atom. The summed E-state index contributed by atoms with van der Waals surface area (Å²) in [5.41, 5.74) is 1.10. The van der Waals surface area contributed by atoms with E-state index in [4.69, 9.17) is 0 Å². The van der Waals surface area contributed by atoms with E-state index < -0.39 is 0 Å². The lowest BCUT2D eigenvalue weighted by Gasteiger charge is -2.34. The summed E-state index contributed by atoms with van der Waals surface area (Å²) in [4.78, 5) is 2.50. The zero-order valence-corrected chi connectivity index (χ0v) is 12.0. The van der Waals surface area contributed by atoms with Gasteiger partial charge >= 0.3 is 0 Å². The molecule has 1 aliphatic rings. The van der Waals surface area contributed by atoms with Crippen molar-refractivity contribution >= 4 is 11.8 Å². The second-order valence-electron chi connectivity index (χ2n) is 5.33. The van der Waals surface area contributed by atoms with Gasteiger partial charge in [-0.3, -0.25) is 0 Å². The first-order chi connectivity index (χ1) is 8.74. The average molecular weight is 265 g/mol. The van der Waals surface area contributed by atoms with Crippen LogP contribution in [0, 0.1) is 0 Å². The molecule has 18 heavy (non-hydrogen) atoms. The van der Waals surface area contributed by atoms with Gasteiger partial charge in [0.1, 0.15) is 0 Å². The van der Waals surface area contributed by atoms with Crippen LogP contribution in [0.2, 0.25) is 0 Å². The second kappa shape index (κ2) is 6.60. The van der Waals surface area contributed by atoms with Crippen molar-refractivity contribution in [1.82, 2.24) is 4.90 Å². The average Bonchev–Trinajstić information content (AvgIpc) is 2.68. The molecule has 1 aliphatic heterocycles. The number of rotatable bonds is 4. The Kier molecular flexibility index (Phi) is 5.10. The number of aliphatic hydroxyl groups excluding tert-OH is 1. The highest BCUT2D eigenvalue weighted by atomic mass is 32.2. The predicted octanol–water partition coefficient (Wildman–Crippen LogP) is 2.38. The number of thioether (sulfide) groups is 1. The molecule has 1 N–H and O–H groups in total. The van der Waals surface area contributed by atoms with Crippen molar-refractivity contribution in [2.24, 2.45) is 0 Å². The quantitative estimate of drug-likeness (QED) is 0.904. The molecule has 0 amide bonds. The predicted molar refractivity (Wildman–Crippen MR) is 79.3 cm³/mol.